The molecule has 1 fully saturated rings. The van der Waals surface area contributed by atoms with Gasteiger partial charge >= 0.3 is 0 Å². The predicted molar refractivity (Wildman–Crippen MR) is 86.1 cm³/mol. The average Bonchev–Trinajstić information content (AvgIpc) is 2.98. The second-order valence-corrected chi connectivity index (χ2v) is 5.99. The normalized spacial score (nSPS) is 25.1. The Labute approximate surface area is 126 Å². The van der Waals surface area contributed by atoms with Gasteiger partial charge in [-0.3, -0.25) is 0 Å². The first-order valence-corrected chi connectivity index (χ1v) is 7.80. The Hall–Kier alpha value is -1.64. The minimum atomic E-state index is 0.274. The molecule has 2 N–H and O–H groups in total. The fourth-order valence-corrected chi connectivity index (χ4v) is 3.42. The van der Waals surface area contributed by atoms with Gasteiger partial charge in [0.2, 0.25) is 0 Å². The summed E-state index contributed by atoms with van der Waals surface area (Å²) in [7, 11) is 0. The lowest BCUT2D eigenvalue weighted by molar-refractivity contribution is 0.204. The van der Waals surface area contributed by atoms with Crippen molar-refractivity contribution in [3.8, 4) is 0 Å². The first-order chi connectivity index (χ1) is 10.4. The summed E-state index contributed by atoms with van der Waals surface area (Å²) in [6.07, 6.45) is 2.19. The van der Waals surface area contributed by atoms with Crippen LogP contribution in [0, 0.1) is 5.92 Å². The van der Waals surface area contributed by atoms with E-state index in [2.05, 4.69) is 59.9 Å². The van der Waals surface area contributed by atoms with Crippen molar-refractivity contribution in [3.63, 3.8) is 0 Å². The Morgan fingerprint density at radius 3 is 2.24 bits per heavy atom. The van der Waals surface area contributed by atoms with Crippen LogP contribution in [0.25, 0.3) is 0 Å². The molecule has 2 heteroatoms. The van der Waals surface area contributed by atoms with Gasteiger partial charge in [-0.25, -0.2) is 0 Å². The molecule has 0 spiro atoms. The first kappa shape index (κ1) is 14.3. The van der Waals surface area contributed by atoms with Gasteiger partial charge in [0.15, 0.2) is 0 Å². The van der Waals surface area contributed by atoms with Crippen LogP contribution in [0.2, 0.25) is 0 Å². The Bertz CT molecular complexity index is 540. The molecular formula is C19H23NO. The van der Waals surface area contributed by atoms with Crippen molar-refractivity contribution in [2.24, 2.45) is 5.92 Å². The third-order valence-electron chi connectivity index (χ3n) is 4.61. The number of benzene rings is 2. The molecule has 0 bridgehead atoms. The van der Waals surface area contributed by atoms with Crippen LogP contribution in [0.1, 0.15) is 29.9 Å². The maximum absolute atomic E-state index is 9.66. The van der Waals surface area contributed by atoms with E-state index in [1.54, 1.807) is 0 Å². The lowest BCUT2D eigenvalue weighted by Gasteiger charge is -2.19. The van der Waals surface area contributed by atoms with Gasteiger partial charge in [0.05, 0.1) is 0 Å². The van der Waals surface area contributed by atoms with Gasteiger partial charge in [0.1, 0.15) is 0 Å². The van der Waals surface area contributed by atoms with Crippen LogP contribution in [0.15, 0.2) is 60.7 Å². The van der Waals surface area contributed by atoms with Crippen LogP contribution in [0.4, 0.5) is 0 Å². The van der Waals surface area contributed by atoms with Gasteiger partial charge in [-0.1, -0.05) is 60.7 Å². The predicted octanol–water partition coefficient (Wildman–Crippen LogP) is 3.33. The third kappa shape index (κ3) is 3.52. The van der Waals surface area contributed by atoms with Gasteiger partial charge in [-0.15, -0.1) is 0 Å². The standard InChI is InChI=1S/C19H23NO/c21-14-18-11-17(16-9-5-2-6-10-16)12-19(18)20-13-15-7-3-1-4-8-15/h1-10,17-21H,11-14H2/t17-,18-,19-/m0/s1. The molecule has 0 unspecified atom stereocenters. The second kappa shape index (κ2) is 6.88. The molecule has 1 aliphatic rings. The highest BCUT2D eigenvalue weighted by molar-refractivity contribution is 5.22. The molecule has 0 amide bonds. The Balaban J connectivity index is 1.62. The summed E-state index contributed by atoms with van der Waals surface area (Å²) in [6, 6.07) is 21.6. The molecule has 0 aliphatic heterocycles. The van der Waals surface area contributed by atoms with Gasteiger partial charge in [0, 0.05) is 19.2 Å². The fourth-order valence-electron chi connectivity index (χ4n) is 3.42. The topological polar surface area (TPSA) is 32.3 Å². The monoisotopic (exact) mass is 281 g/mol. The van der Waals surface area contributed by atoms with E-state index in [1.165, 1.54) is 11.1 Å². The van der Waals surface area contributed by atoms with Gasteiger partial charge < -0.3 is 10.4 Å². The lowest BCUT2D eigenvalue weighted by atomic mass is 9.97. The van der Waals surface area contributed by atoms with Crippen LogP contribution in [0.5, 0.6) is 0 Å². The second-order valence-electron chi connectivity index (χ2n) is 5.99. The highest BCUT2D eigenvalue weighted by Gasteiger charge is 2.33. The van der Waals surface area contributed by atoms with Crippen LogP contribution in [-0.2, 0) is 6.54 Å². The average molecular weight is 281 g/mol. The zero-order chi connectivity index (χ0) is 14.5. The molecule has 2 nitrogen and oxygen atoms in total. The molecule has 2 aromatic carbocycles. The number of aliphatic hydroxyl groups excluding tert-OH is 1. The maximum atomic E-state index is 9.66. The summed E-state index contributed by atoms with van der Waals surface area (Å²) in [5, 5.41) is 13.3. The Morgan fingerprint density at radius 2 is 1.57 bits per heavy atom. The number of aliphatic hydroxyl groups is 1. The molecule has 2 aromatic rings. The zero-order valence-electron chi connectivity index (χ0n) is 12.3. The molecule has 3 rings (SSSR count). The zero-order valence-corrected chi connectivity index (χ0v) is 12.3. The summed E-state index contributed by atoms with van der Waals surface area (Å²) in [5.74, 6) is 0.926. The van der Waals surface area contributed by atoms with Crippen molar-refractivity contribution in [2.45, 2.75) is 31.3 Å². The van der Waals surface area contributed by atoms with Gasteiger partial charge in [-0.2, -0.15) is 0 Å². The molecule has 110 valence electrons. The SMILES string of the molecule is OC[C@@H]1C[C@H](c2ccccc2)C[C@@H]1NCc1ccccc1. The molecule has 0 radical (unpaired) electrons. The fraction of sp³-hybridized carbons (Fsp3) is 0.368. The lowest BCUT2D eigenvalue weighted by Crippen LogP contribution is -2.33. The van der Waals surface area contributed by atoms with Crippen molar-refractivity contribution < 1.29 is 5.11 Å². The molecule has 3 atom stereocenters. The van der Waals surface area contributed by atoms with E-state index in [0.29, 0.717) is 17.9 Å². The van der Waals surface area contributed by atoms with E-state index < -0.39 is 0 Å². The number of hydrogen-bond acceptors (Lipinski definition) is 2. The minimum absolute atomic E-state index is 0.274. The van der Waals surface area contributed by atoms with Crippen molar-refractivity contribution in [1.29, 1.82) is 0 Å². The molecule has 0 aromatic heterocycles. The summed E-state index contributed by atoms with van der Waals surface area (Å²) in [5.41, 5.74) is 2.71. The van der Waals surface area contributed by atoms with E-state index in [1.807, 2.05) is 6.07 Å². The van der Waals surface area contributed by atoms with E-state index in [9.17, 15) is 5.11 Å². The van der Waals surface area contributed by atoms with E-state index in [0.717, 1.165) is 19.4 Å². The van der Waals surface area contributed by atoms with Crippen LogP contribution < -0.4 is 5.32 Å². The summed E-state index contributed by atoms with van der Waals surface area (Å²) >= 11 is 0. The molecule has 1 aliphatic carbocycles. The van der Waals surface area contributed by atoms with Crippen molar-refractivity contribution in [2.75, 3.05) is 6.61 Å². The number of rotatable bonds is 5. The largest absolute Gasteiger partial charge is 0.396 e. The van der Waals surface area contributed by atoms with Gasteiger partial charge in [-0.05, 0) is 35.8 Å². The molecule has 0 heterocycles. The minimum Gasteiger partial charge on any atom is -0.396 e. The number of nitrogens with one attached hydrogen (secondary N) is 1. The van der Waals surface area contributed by atoms with Crippen LogP contribution >= 0.6 is 0 Å². The summed E-state index contributed by atoms with van der Waals surface area (Å²) in [6.45, 7) is 1.15. The van der Waals surface area contributed by atoms with Crippen LogP contribution in [0.3, 0.4) is 0 Å². The van der Waals surface area contributed by atoms with Gasteiger partial charge in [0.25, 0.3) is 0 Å². The van der Waals surface area contributed by atoms with E-state index in [-0.39, 0.29) is 6.61 Å². The van der Waals surface area contributed by atoms with Crippen molar-refractivity contribution >= 4 is 0 Å². The molecule has 0 saturated heterocycles. The van der Waals surface area contributed by atoms with Crippen molar-refractivity contribution in [1.82, 2.24) is 5.32 Å². The highest BCUT2D eigenvalue weighted by Crippen LogP contribution is 2.38. The maximum Gasteiger partial charge on any atom is 0.0474 e. The molecular weight excluding hydrogens is 258 g/mol. The van der Waals surface area contributed by atoms with Crippen molar-refractivity contribution in [3.05, 3.63) is 71.8 Å². The summed E-state index contributed by atoms with van der Waals surface area (Å²) in [4.78, 5) is 0. The Kier molecular flexibility index (Phi) is 4.69. The smallest absolute Gasteiger partial charge is 0.0474 e. The third-order valence-corrected chi connectivity index (χ3v) is 4.61. The quantitative estimate of drug-likeness (QED) is 0.881. The summed E-state index contributed by atoms with van der Waals surface area (Å²) < 4.78 is 0. The van der Waals surface area contributed by atoms with E-state index in [4.69, 9.17) is 0 Å². The highest BCUT2D eigenvalue weighted by atomic mass is 16.3. The number of hydrogen-bond donors (Lipinski definition) is 2. The van der Waals surface area contributed by atoms with Crippen LogP contribution in [-0.4, -0.2) is 17.8 Å². The van der Waals surface area contributed by atoms with E-state index >= 15 is 0 Å². The Morgan fingerprint density at radius 1 is 0.905 bits per heavy atom. The first-order valence-electron chi connectivity index (χ1n) is 7.80. The molecule has 21 heavy (non-hydrogen) atoms. The molecule has 1 saturated carbocycles.